The molecule has 0 aliphatic rings. The Balaban J connectivity index is 2.35. The van der Waals surface area contributed by atoms with Gasteiger partial charge in [-0.3, -0.25) is 4.79 Å². The largest absolute Gasteiger partial charge is 0.452 e. The molecule has 2 rings (SSSR count). The summed E-state index contributed by atoms with van der Waals surface area (Å²) in [5, 5.41) is 0. The van der Waals surface area contributed by atoms with Crippen molar-refractivity contribution in [1.82, 2.24) is 0 Å². The van der Waals surface area contributed by atoms with Crippen LogP contribution in [0.5, 0.6) is 0 Å². The van der Waals surface area contributed by atoms with Crippen molar-refractivity contribution in [3.63, 3.8) is 0 Å². The average molecular weight is 250 g/mol. The number of hydrogen-bond donors (Lipinski definition) is 0. The Hall–Kier alpha value is -2.53. The smallest absolute Gasteiger partial charge is 0.318 e. The Morgan fingerprint density at radius 3 is 1.89 bits per heavy atom. The maximum atomic E-state index is 12.2. The van der Waals surface area contributed by atoms with Crippen LogP contribution in [0, 0.1) is 12.3 Å². The first-order chi connectivity index (χ1) is 9.33. The number of esters is 1. The highest BCUT2D eigenvalue weighted by molar-refractivity contribution is 5.82. The molecule has 0 unspecified atom stereocenters. The Bertz CT molecular complexity index is 528. The molecule has 2 heteroatoms. The fourth-order valence-corrected chi connectivity index (χ4v) is 1.95. The minimum absolute atomic E-state index is 0.00496. The number of terminal acetylenes is 1. The molecule has 0 amide bonds. The molecule has 2 aromatic rings. The van der Waals surface area contributed by atoms with E-state index < -0.39 is 5.92 Å². The van der Waals surface area contributed by atoms with Gasteiger partial charge < -0.3 is 4.74 Å². The van der Waals surface area contributed by atoms with Gasteiger partial charge in [-0.05, 0) is 11.1 Å². The highest BCUT2D eigenvalue weighted by Gasteiger charge is 2.23. The van der Waals surface area contributed by atoms with Gasteiger partial charge in [0.1, 0.15) is 5.92 Å². The fourth-order valence-electron chi connectivity index (χ4n) is 1.95. The molecule has 0 saturated heterocycles. The van der Waals surface area contributed by atoms with Crippen LogP contribution in [-0.4, -0.2) is 12.6 Å². The van der Waals surface area contributed by atoms with Crippen molar-refractivity contribution in [2.45, 2.75) is 5.92 Å². The van der Waals surface area contributed by atoms with E-state index in [1.807, 2.05) is 60.7 Å². The Morgan fingerprint density at radius 1 is 1.00 bits per heavy atom. The molecule has 19 heavy (non-hydrogen) atoms. The molecule has 2 nitrogen and oxygen atoms in total. The van der Waals surface area contributed by atoms with E-state index in [2.05, 4.69) is 5.92 Å². The lowest BCUT2D eigenvalue weighted by atomic mass is 9.91. The Labute approximate surface area is 113 Å². The van der Waals surface area contributed by atoms with Gasteiger partial charge in [0.2, 0.25) is 0 Å². The van der Waals surface area contributed by atoms with Gasteiger partial charge in [-0.1, -0.05) is 66.6 Å². The molecule has 0 aromatic heterocycles. The van der Waals surface area contributed by atoms with Crippen molar-refractivity contribution in [2.75, 3.05) is 6.61 Å². The number of carbonyl (C=O) groups is 1. The summed E-state index contributed by atoms with van der Waals surface area (Å²) in [6, 6.07) is 19.1. The van der Waals surface area contributed by atoms with Gasteiger partial charge in [-0.25, -0.2) is 0 Å². The van der Waals surface area contributed by atoms with Gasteiger partial charge in [-0.2, -0.15) is 0 Å². The molecular formula is C17H14O2. The van der Waals surface area contributed by atoms with Crippen LogP contribution in [0.25, 0.3) is 0 Å². The zero-order valence-corrected chi connectivity index (χ0v) is 10.5. The lowest BCUT2D eigenvalue weighted by Gasteiger charge is -2.16. The summed E-state index contributed by atoms with van der Waals surface area (Å²) in [7, 11) is 0. The summed E-state index contributed by atoms with van der Waals surface area (Å²) in [6.07, 6.45) is 5.13. The van der Waals surface area contributed by atoms with Crippen LogP contribution in [0.15, 0.2) is 60.7 Å². The van der Waals surface area contributed by atoms with Gasteiger partial charge in [0.05, 0.1) is 0 Å². The molecule has 94 valence electrons. The lowest BCUT2D eigenvalue weighted by Crippen LogP contribution is -2.17. The first-order valence-electron chi connectivity index (χ1n) is 6.03. The molecule has 0 aliphatic heterocycles. The Kier molecular flexibility index (Phi) is 4.36. The summed E-state index contributed by atoms with van der Waals surface area (Å²) in [5.41, 5.74) is 1.80. The first-order valence-corrected chi connectivity index (χ1v) is 6.03. The van der Waals surface area contributed by atoms with Gasteiger partial charge in [0.25, 0.3) is 0 Å². The summed E-state index contributed by atoms with van der Waals surface area (Å²) in [4.78, 5) is 12.2. The summed E-state index contributed by atoms with van der Waals surface area (Å²) >= 11 is 0. The molecule has 0 radical (unpaired) electrons. The topological polar surface area (TPSA) is 26.3 Å². The normalized spacial score (nSPS) is 9.89. The third kappa shape index (κ3) is 3.23. The van der Waals surface area contributed by atoms with Gasteiger partial charge in [0.15, 0.2) is 6.61 Å². The van der Waals surface area contributed by atoms with Crippen molar-refractivity contribution in [1.29, 1.82) is 0 Å². The van der Waals surface area contributed by atoms with Crippen molar-refractivity contribution in [3.05, 3.63) is 71.8 Å². The fraction of sp³-hybridized carbons (Fsp3) is 0.118. The van der Waals surface area contributed by atoms with Gasteiger partial charge in [-0.15, -0.1) is 6.42 Å². The minimum atomic E-state index is -0.434. The van der Waals surface area contributed by atoms with Crippen LogP contribution < -0.4 is 0 Å². The zero-order valence-electron chi connectivity index (χ0n) is 10.5. The van der Waals surface area contributed by atoms with Crippen LogP contribution in [0.1, 0.15) is 17.0 Å². The van der Waals surface area contributed by atoms with Crippen LogP contribution in [0.4, 0.5) is 0 Å². The number of rotatable bonds is 4. The lowest BCUT2D eigenvalue weighted by molar-refractivity contribution is -0.142. The maximum absolute atomic E-state index is 12.2. The molecule has 0 N–H and O–H groups in total. The number of ether oxygens (including phenoxy) is 1. The second kappa shape index (κ2) is 6.42. The Morgan fingerprint density at radius 2 is 1.47 bits per heavy atom. The highest BCUT2D eigenvalue weighted by Crippen LogP contribution is 2.25. The van der Waals surface area contributed by atoms with Crippen molar-refractivity contribution in [3.8, 4) is 12.3 Å². The van der Waals surface area contributed by atoms with E-state index in [0.717, 1.165) is 11.1 Å². The van der Waals surface area contributed by atoms with Crippen LogP contribution >= 0.6 is 0 Å². The third-order valence-electron chi connectivity index (χ3n) is 2.80. The van der Waals surface area contributed by atoms with E-state index in [1.165, 1.54) is 0 Å². The van der Waals surface area contributed by atoms with Gasteiger partial charge in [0, 0.05) is 0 Å². The van der Waals surface area contributed by atoms with Crippen molar-refractivity contribution < 1.29 is 9.53 Å². The SMILES string of the molecule is C#CCOC(=O)C(c1ccccc1)c1ccccc1. The molecule has 0 heterocycles. The molecular weight excluding hydrogens is 236 g/mol. The molecule has 0 saturated carbocycles. The van der Waals surface area contributed by atoms with Gasteiger partial charge >= 0.3 is 5.97 Å². The molecule has 0 spiro atoms. The summed E-state index contributed by atoms with van der Waals surface area (Å²) in [5.74, 6) is 1.56. The van der Waals surface area contributed by atoms with E-state index in [0.29, 0.717) is 0 Å². The molecule has 0 aliphatic carbocycles. The second-order valence-electron chi connectivity index (χ2n) is 4.07. The number of hydrogen-bond acceptors (Lipinski definition) is 2. The standard InChI is InChI=1S/C17H14O2/c1-2-13-19-17(18)16(14-9-5-3-6-10-14)15-11-7-4-8-12-15/h1,3-12,16H,13H2. The predicted octanol–water partition coefficient (Wildman–Crippen LogP) is 2.99. The third-order valence-corrected chi connectivity index (χ3v) is 2.80. The zero-order chi connectivity index (χ0) is 13.5. The van der Waals surface area contributed by atoms with Crippen molar-refractivity contribution in [2.24, 2.45) is 0 Å². The van der Waals surface area contributed by atoms with Crippen LogP contribution in [0.2, 0.25) is 0 Å². The second-order valence-corrected chi connectivity index (χ2v) is 4.07. The first kappa shape index (κ1) is 12.9. The summed E-state index contributed by atoms with van der Waals surface area (Å²) < 4.78 is 5.09. The van der Waals surface area contributed by atoms with Crippen molar-refractivity contribution >= 4 is 5.97 Å². The minimum Gasteiger partial charge on any atom is -0.452 e. The molecule has 0 fully saturated rings. The predicted molar refractivity (Wildman–Crippen MR) is 74.5 cm³/mol. The summed E-state index contributed by atoms with van der Waals surface area (Å²) in [6.45, 7) is -0.00496. The monoisotopic (exact) mass is 250 g/mol. The van der Waals surface area contributed by atoms with E-state index in [-0.39, 0.29) is 12.6 Å². The van der Waals surface area contributed by atoms with E-state index in [9.17, 15) is 4.79 Å². The highest BCUT2D eigenvalue weighted by atomic mass is 16.5. The molecule has 2 aromatic carbocycles. The maximum Gasteiger partial charge on any atom is 0.318 e. The van der Waals surface area contributed by atoms with E-state index in [4.69, 9.17) is 11.2 Å². The molecule has 0 atom stereocenters. The molecule has 0 bridgehead atoms. The van der Waals surface area contributed by atoms with Crippen LogP contribution in [0.3, 0.4) is 0 Å². The van der Waals surface area contributed by atoms with E-state index >= 15 is 0 Å². The van der Waals surface area contributed by atoms with Crippen LogP contribution in [-0.2, 0) is 9.53 Å². The quantitative estimate of drug-likeness (QED) is 0.616. The number of carbonyl (C=O) groups excluding carboxylic acids is 1. The number of benzene rings is 2. The van der Waals surface area contributed by atoms with E-state index in [1.54, 1.807) is 0 Å². The average Bonchev–Trinajstić information content (AvgIpc) is 2.47.